The average molecular weight is 305 g/mol. The lowest BCUT2D eigenvalue weighted by Crippen LogP contribution is -2.40. The van der Waals surface area contributed by atoms with E-state index in [1.165, 1.54) is 0 Å². The van der Waals surface area contributed by atoms with E-state index in [9.17, 15) is 9.59 Å². The predicted molar refractivity (Wildman–Crippen MR) is 88.6 cm³/mol. The minimum atomic E-state index is -0.0534. The smallest absolute Gasteiger partial charge is 0.274 e. The topological polar surface area (TPSA) is 55.2 Å². The van der Waals surface area contributed by atoms with Gasteiger partial charge in [-0.3, -0.25) is 9.59 Å². The Morgan fingerprint density at radius 2 is 1.95 bits per heavy atom. The van der Waals surface area contributed by atoms with Crippen molar-refractivity contribution in [2.45, 2.75) is 47.1 Å². The fraction of sp³-hybridized carbons (Fsp3) is 0.588. The Labute approximate surface area is 133 Å². The fourth-order valence-electron chi connectivity index (χ4n) is 2.60. The third-order valence-electron chi connectivity index (χ3n) is 3.91. The van der Waals surface area contributed by atoms with Crippen LogP contribution in [0.3, 0.4) is 0 Å². The molecule has 1 aromatic rings. The molecule has 1 fully saturated rings. The summed E-state index contributed by atoms with van der Waals surface area (Å²) in [5, 5.41) is 0. The largest absolute Gasteiger partial charge is 0.337 e. The van der Waals surface area contributed by atoms with Gasteiger partial charge in [0.05, 0.1) is 0 Å². The Bertz CT molecular complexity index is 526. The van der Waals surface area contributed by atoms with Gasteiger partial charge in [0.15, 0.2) is 0 Å². The summed E-state index contributed by atoms with van der Waals surface area (Å²) in [6, 6.07) is 0. The van der Waals surface area contributed by atoms with Crippen molar-refractivity contribution in [3.05, 3.63) is 24.3 Å². The minimum Gasteiger partial charge on any atom is -0.337 e. The number of amides is 1. The van der Waals surface area contributed by atoms with Crippen molar-refractivity contribution in [1.29, 1.82) is 0 Å². The number of likely N-dealkylation sites (tertiary alicyclic amines) is 1. The molecule has 1 saturated heterocycles. The summed E-state index contributed by atoms with van der Waals surface area (Å²) in [6.07, 6.45) is 4.94. The van der Waals surface area contributed by atoms with Gasteiger partial charge < -0.3 is 9.47 Å². The molecule has 22 heavy (non-hydrogen) atoms. The molecule has 1 aromatic heterocycles. The van der Waals surface area contributed by atoms with Gasteiger partial charge >= 0.3 is 0 Å². The lowest BCUT2D eigenvalue weighted by molar-refractivity contribution is -0.121. The molecular weight excluding hydrogens is 278 g/mol. The number of rotatable bonds is 4. The molecule has 1 aliphatic rings. The van der Waals surface area contributed by atoms with Crippen LogP contribution in [0.1, 0.15) is 56.8 Å². The highest BCUT2D eigenvalue weighted by Crippen LogP contribution is 2.19. The maximum absolute atomic E-state index is 12.4. The lowest BCUT2D eigenvalue weighted by Gasteiger charge is -2.30. The van der Waals surface area contributed by atoms with E-state index in [4.69, 9.17) is 0 Å². The number of Topliss-reactive ketones (excluding diaryl/α,β-unsaturated/α-hetero) is 1. The number of hydrogen-bond donors (Lipinski definition) is 0. The van der Waals surface area contributed by atoms with Crippen LogP contribution < -0.4 is 0 Å². The molecule has 122 valence electrons. The molecule has 2 heterocycles. The number of piperidine rings is 1. The molecule has 0 aliphatic carbocycles. The van der Waals surface area contributed by atoms with Crippen LogP contribution in [0.4, 0.5) is 0 Å². The summed E-state index contributed by atoms with van der Waals surface area (Å²) < 4.78 is 1.91. The van der Waals surface area contributed by atoms with E-state index in [1.54, 1.807) is 24.1 Å². The van der Waals surface area contributed by atoms with Crippen molar-refractivity contribution in [2.24, 2.45) is 5.92 Å². The van der Waals surface area contributed by atoms with Gasteiger partial charge in [0.2, 0.25) is 0 Å². The molecule has 1 amide bonds. The van der Waals surface area contributed by atoms with Gasteiger partial charge in [-0.05, 0) is 32.8 Å². The second-order valence-corrected chi connectivity index (χ2v) is 5.15. The summed E-state index contributed by atoms with van der Waals surface area (Å²) in [6.45, 7) is 13.4. The number of nitrogens with zero attached hydrogens (tertiary/aromatic N) is 3. The van der Waals surface area contributed by atoms with Crippen LogP contribution in [0.25, 0.3) is 6.08 Å². The molecule has 5 heteroatoms. The Morgan fingerprint density at radius 1 is 1.36 bits per heavy atom. The fourth-order valence-corrected chi connectivity index (χ4v) is 2.60. The van der Waals surface area contributed by atoms with Crippen molar-refractivity contribution >= 4 is 17.8 Å². The first-order valence-corrected chi connectivity index (χ1v) is 8.06. The quantitative estimate of drug-likeness (QED) is 0.859. The molecule has 0 N–H and O–H groups in total. The maximum atomic E-state index is 12.4. The van der Waals surface area contributed by atoms with Crippen molar-refractivity contribution in [3.63, 3.8) is 0 Å². The number of aryl methyl sites for hydroxylation is 1. The zero-order valence-corrected chi connectivity index (χ0v) is 14.1. The number of carbonyl (C=O) groups is 2. The second-order valence-electron chi connectivity index (χ2n) is 5.15. The molecule has 0 atom stereocenters. The maximum Gasteiger partial charge on any atom is 0.274 e. The van der Waals surface area contributed by atoms with Crippen molar-refractivity contribution in [3.8, 4) is 0 Å². The van der Waals surface area contributed by atoms with E-state index in [0.29, 0.717) is 18.8 Å². The molecular formula is C17H27N3O2. The van der Waals surface area contributed by atoms with Crippen LogP contribution >= 0.6 is 0 Å². The van der Waals surface area contributed by atoms with E-state index in [0.717, 1.165) is 25.2 Å². The average Bonchev–Trinajstić information content (AvgIpc) is 2.99. The van der Waals surface area contributed by atoms with Crippen LogP contribution in [-0.4, -0.2) is 39.2 Å². The summed E-state index contributed by atoms with van der Waals surface area (Å²) in [7, 11) is 0. The number of ketones is 1. The Hall–Kier alpha value is -1.91. The summed E-state index contributed by atoms with van der Waals surface area (Å²) in [5.41, 5.74) is 0.461. The SMILES string of the molecule is C=Cc1nc(C(=O)N2CCC(C(C)=O)CC2)cn1CC.CC. The highest BCUT2D eigenvalue weighted by molar-refractivity contribution is 5.92. The standard InChI is InChI=1S/C15H21N3O2.C2H6/c1-4-14-16-13(10-17(14)5-2)15(20)18-8-6-12(7-9-18)11(3)19;1-2/h4,10,12H,1,5-9H2,2-3H3;1-2H3. The number of hydrogen-bond acceptors (Lipinski definition) is 3. The lowest BCUT2D eigenvalue weighted by atomic mass is 9.93. The van der Waals surface area contributed by atoms with Gasteiger partial charge in [-0.15, -0.1) is 0 Å². The molecule has 0 radical (unpaired) electrons. The van der Waals surface area contributed by atoms with Crippen molar-refractivity contribution < 1.29 is 9.59 Å². The molecule has 0 saturated carbocycles. The highest BCUT2D eigenvalue weighted by Gasteiger charge is 2.27. The Balaban J connectivity index is 0.00000116. The molecule has 0 aromatic carbocycles. The second kappa shape index (κ2) is 8.51. The van der Waals surface area contributed by atoms with E-state index in [-0.39, 0.29) is 17.6 Å². The number of carbonyl (C=O) groups excluding carboxylic acids is 2. The normalized spacial score (nSPS) is 15.0. The zero-order valence-electron chi connectivity index (χ0n) is 14.1. The first-order chi connectivity index (χ1) is 10.6. The van der Waals surface area contributed by atoms with Crippen LogP contribution in [0.5, 0.6) is 0 Å². The van der Waals surface area contributed by atoms with Crippen LogP contribution in [0, 0.1) is 5.92 Å². The monoisotopic (exact) mass is 305 g/mol. The van der Waals surface area contributed by atoms with E-state index in [2.05, 4.69) is 11.6 Å². The van der Waals surface area contributed by atoms with Gasteiger partial charge in [-0.25, -0.2) is 4.98 Å². The van der Waals surface area contributed by atoms with E-state index in [1.807, 2.05) is 25.3 Å². The first-order valence-electron chi connectivity index (χ1n) is 8.06. The van der Waals surface area contributed by atoms with Crippen molar-refractivity contribution in [2.75, 3.05) is 13.1 Å². The first kappa shape index (κ1) is 18.1. The predicted octanol–water partition coefficient (Wildman–Crippen LogP) is 3.01. The number of imidazole rings is 1. The molecule has 5 nitrogen and oxygen atoms in total. The van der Waals surface area contributed by atoms with E-state index < -0.39 is 0 Å². The minimum absolute atomic E-state index is 0.0534. The van der Waals surface area contributed by atoms with E-state index >= 15 is 0 Å². The van der Waals surface area contributed by atoms with Crippen LogP contribution in [0.15, 0.2) is 12.8 Å². The van der Waals surface area contributed by atoms with Gasteiger partial charge in [0, 0.05) is 31.7 Å². The molecule has 0 bridgehead atoms. The number of aromatic nitrogens is 2. The summed E-state index contributed by atoms with van der Waals surface area (Å²) in [5.74, 6) is 0.995. The van der Waals surface area contributed by atoms with Crippen LogP contribution in [-0.2, 0) is 11.3 Å². The molecule has 0 spiro atoms. The van der Waals surface area contributed by atoms with Gasteiger partial charge in [-0.2, -0.15) is 0 Å². The molecule has 2 rings (SSSR count). The van der Waals surface area contributed by atoms with Gasteiger partial charge in [0.1, 0.15) is 17.3 Å². The third kappa shape index (κ3) is 4.06. The summed E-state index contributed by atoms with van der Waals surface area (Å²) >= 11 is 0. The highest BCUT2D eigenvalue weighted by atomic mass is 16.2. The third-order valence-corrected chi connectivity index (χ3v) is 3.91. The van der Waals surface area contributed by atoms with Crippen molar-refractivity contribution in [1.82, 2.24) is 14.5 Å². The van der Waals surface area contributed by atoms with Gasteiger partial charge in [0.25, 0.3) is 5.91 Å². The Kier molecular flexibility index (Phi) is 7.02. The summed E-state index contributed by atoms with van der Waals surface area (Å²) in [4.78, 5) is 29.8. The van der Waals surface area contributed by atoms with Gasteiger partial charge in [-0.1, -0.05) is 20.4 Å². The van der Waals surface area contributed by atoms with Crippen LogP contribution in [0.2, 0.25) is 0 Å². The zero-order chi connectivity index (χ0) is 16.7. The molecule has 1 aliphatic heterocycles. The Morgan fingerprint density at radius 3 is 2.36 bits per heavy atom. The molecule has 0 unspecified atom stereocenters.